The van der Waals surface area contributed by atoms with Gasteiger partial charge in [0.15, 0.2) is 0 Å². The molecule has 26 heavy (non-hydrogen) atoms. The van der Waals surface area contributed by atoms with E-state index < -0.39 is 11.9 Å². The predicted molar refractivity (Wildman–Crippen MR) is 102 cm³/mol. The molecule has 0 aliphatic heterocycles. The van der Waals surface area contributed by atoms with Crippen LogP contribution in [0.3, 0.4) is 0 Å². The maximum atomic E-state index is 12.5. The molecule has 2 unspecified atom stereocenters. The van der Waals surface area contributed by atoms with Crippen LogP contribution in [0.1, 0.15) is 33.6 Å². The van der Waals surface area contributed by atoms with Crippen molar-refractivity contribution in [2.45, 2.75) is 33.6 Å². The van der Waals surface area contributed by atoms with Crippen molar-refractivity contribution in [3.8, 4) is 5.75 Å². The monoisotopic (exact) mass is 357 g/mol. The van der Waals surface area contributed by atoms with Gasteiger partial charge < -0.3 is 15.2 Å². The van der Waals surface area contributed by atoms with Crippen molar-refractivity contribution < 1.29 is 19.4 Å². The predicted octanol–water partition coefficient (Wildman–Crippen LogP) is 3.71. The SMILES string of the molecule is CC(=O)Nc1ccc(OC(=O)C(CO)C2C=CC(CC(C)C)=CC2)cc1. The van der Waals surface area contributed by atoms with Gasteiger partial charge >= 0.3 is 5.97 Å². The number of allylic oxidation sites excluding steroid dienone is 4. The molecule has 5 nitrogen and oxygen atoms in total. The molecule has 0 saturated carbocycles. The zero-order chi connectivity index (χ0) is 19.1. The molecule has 0 aromatic heterocycles. The number of amides is 1. The number of hydrogen-bond acceptors (Lipinski definition) is 4. The van der Waals surface area contributed by atoms with Crippen molar-refractivity contribution >= 4 is 17.6 Å². The Kier molecular flexibility index (Phi) is 7.16. The molecular weight excluding hydrogens is 330 g/mol. The highest BCUT2D eigenvalue weighted by molar-refractivity contribution is 5.88. The largest absolute Gasteiger partial charge is 0.426 e. The average Bonchev–Trinajstić information content (AvgIpc) is 2.58. The van der Waals surface area contributed by atoms with Gasteiger partial charge in [0.1, 0.15) is 5.75 Å². The molecule has 1 aliphatic carbocycles. The molecule has 0 bridgehead atoms. The number of anilines is 1. The van der Waals surface area contributed by atoms with E-state index in [1.807, 2.05) is 12.2 Å². The normalized spacial score (nSPS) is 17.6. The number of carbonyl (C=O) groups excluding carboxylic acids is 2. The molecule has 140 valence electrons. The van der Waals surface area contributed by atoms with Gasteiger partial charge in [-0.25, -0.2) is 0 Å². The van der Waals surface area contributed by atoms with Gasteiger partial charge in [-0.3, -0.25) is 9.59 Å². The van der Waals surface area contributed by atoms with Crippen LogP contribution in [-0.4, -0.2) is 23.6 Å². The van der Waals surface area contributed by atoms with Gasteiger partial charge in [0.25, 0.3) is 0 Å². The third kappa shape index (κ3) is 5.85. The zero-order valence-corrected chi connectivity index (χ0v) is 15.6. The first kappa shape index (κ1) is 19.9. The molecule has 5 heteroatoms. The van der Waals surface area contributed by atoms with E-state index >= 15 is 0 Å². The second-order valence-corrected chi connectivity index (χ2v) is 7.05. The number of ether oxygens (including phenoxy) is 1. The number of hydrogen-bond donors (Lipinski definition) is 2. The summed E-state index contributed by atoms with van der Waals surface area (Å²) >= 11 is 0. The first-order valence-corrected chi connectivity index (χ1v) is 8.96. The highest BCUT2D eigenvalue weighted by Gasteiger charge is 2.28. The summed E-state index contributed by atoms with van der Waals surface area (Å²) in [7, 11) is 0. The third-order valence-corrected chi connectivity index (χ3v) is 4.26. The number of aliphatic hydroxyl groups is 1. The summed E-state index contributed by atoms with van der Waals surface area (Å²) < 4.78 is 5.41. The van der Waals surface area contributed by atoms with Crippen molar-refractivity contribution in [2.75, 3.05) is 11.9 Å². The second kappa shape index (κ2) is 9.34. The quantitative estimate of drug-likeness (QED) is 0.576. The molecule has 2 rings (SSSR count). The van der Waals surface area contributed by atoms with Crippen LogP contribution in [0.4, 0.5) is 5.69 Å². The Balaban J connectivity index is 1.96. The van der Waals surface area contributed by atoms with Crippen LogP contribution >= 0.6 is 0 Å². The second-order valence-electron chi connectivity index (χ2n) is 7.05. The minimum atomic E-state index is -0.599. The number of esters is 1. The molecule has 1 aliphatic rings. The van der Waals surface area contributed by atoms with Crippen molar-refractivity contribution in [3.63, 3.8) is 0 Å². The number of aliphatic hydroxyl groups excluding tert-OH is 1. The van der Waals surface area contributed by atoms with Crippen molar-refractivity contribution in [3.05, 3.63) is 48.1 Å². The lowest BCUT2D eigenvalue weighted by Crippen LogP contribution is -2.30. The Labute approximate surface area is 154 Å². The molecule has 0 fully saturated rings. The van der Waals surface area contributed by atoms with E-state index in [0.29, 0.717) is 17.4 Å². The van der Waals surface area contributed by atoms with Crippen molar-refractivity contribution in [1.29, 1.82) is 0 Å². The lowest BCUT2D eigenvalue weighted by atomic mass is 9.84. The maximum Gasteiger partial charge on any atom is 0.317 e. The topological polar surface area (TPSA) is 75.6 Å². The van der Waals surface area contributed by atoms with Crippen LogP contribution in [0.2, 0.25) is 0 Å². The summed E-state index contributed by atoms with van der Waals surface area (Å²) in [5.41, 5.74) is 1.91. The van der Waals surface area contributed by atoms with Gasteiger partial charge in [0, 0.05) is 12.6 Å². The Hall–Kier alpha value is -2.40. The average molecular weight is 357 g/mol. The van der Waals surface area contributed by atoms with Crippen LogP contribution in [0, 0.1) is 17.8 Å². The van der Waals surface area contributed by atoms with E-state index in [2.05, 4.69) is 25.2 Å². The fourth-order valence-electron chi connectivity index (χ4n) is 2.99. The van der Waals surface area contributed by atoms with E-state index in [0.717, 1.165) is 12.8 Å². The summed E-state index contributed by atoms with van der Waals surface area (Å²) in [6.07, 6.45) is 7.92. The molecule has 2 atom stereocenters. The number of carbonyl (C=O) groups is 2. The molecule has 0 heterocycles. The van der Waals surface area contributed by atoms with E-state index in [9.17, 15) is 14.7 Å². The minimum Gasteiger partial charge on any atom is -0.426 e. The van der Waals surface area contributed by atoms with E-state index in [4.69, 9.17) is 4.74 Å². The smallest absolute Gasteiger partial charge is 0.317 e. The molecule has 0 saturated heterocycles. The Bertz CT molecular complexity index is 688. The van der Waals surface area contributed by atoms with Crippen LogP contribution in [0.15, 0.2) is 48.1 Å². The van der Waals surface area contributed by atoms with Gasteiger partial charge in [-0.1, -0.05) is 37.6 Å². The van der Waals surface area contributed by atoms with Crippen molar-refractivity contribution in [2.24, 2.45) is 17.8 Å². The van der Waals surface area contributed by atoms with Crippen molar-refractivity contribution in [1.82, 2.24) is 0 Å². The fourth-order valence-corrected chi connectivity index (χ4v) is 2.99. The third-order valence-electron chi connectivity index (χ3n) is 4.26. The van der Waals surface area contributed by atoms with E-state index in [-0.39, 0.29) is 18.4 Å². The van der Waals surface area contributed by atoms with E-state index in [1.165, 1.54) is 12.5 Å². The molecule has 1 aromatic rings. The summed E-state index contributed by atoms with van der Waals surface area (Å²) in [4.78, 5) is 23.5. The number of benzene rings is 1. The first-order chi connectivity index (χ1) is 12.4. The van der Waals surface area contributed by atoms with Gasteiger partial charge in [-0.05, 0) is 48.9 Å². The summed E-state index contributed by atoms with van der Waals surface area (Å²) in [5, 5.41) is 12.3. The van der Waals surface area contributed by atoms with Gasteiger partial charge in [-0.2, -0.15) is 0 Å². The molecule has 0 spiro atoms. The molecular formula is C21H27NO4. The maximum absolute atomic E-state index is 12.5. The molecule has 1 amide bonds. The number of nitrogens with one attached hydrogen (secondary N) is 1. The lowest BCUT2D eigenvalue weighted by Gasteiger charge is -2.23. The molecule has 1 aromatic carbocycles. The standard InChI is InChI=1S/C21H27NO4/c1-14(2)12-16-4-6-17(7-5-16)20(13-23)21(25)26-19-10-8-18(9-11-19)22-15(3)24/h4-6,8-11,14,17,20,23H,7,12-13H2,1-3H3,(H,22,24). The summed E-state index contributed by atoms with van der Waals surface area (Å²) in [6.45, 7) is 5.52. The highest BCUT2D eigenvalue weighted by Crippen LogP contribution is 2.28. The lowest BCUT2D eigenvalue weighted by molar-refractivity contribution is -0.141. The number of rotatable bonds is 7. The van der Waals surface area contributed by atoms with Gasteiger partial charge in [-0.15, -0.1) is 0 Å². The Morgan fingerprint density at radius 1 is 1.27 bits per heavy atom. The fraction of sp³-hybridized carbons (Fsp3) is 0.429. The van der Waals surface area contributed by atoms with Crippen LogP contribution in [0.5, 0.6) is 5.75 Å². The molecule has 0 radical (unpaired) electrons. The Morgan fingerprint density at radius 3 is 2.46 bits per heavy atom. The highest BCUT2D eigenvalue weighted by atomic mass is 16.5. The molecule has 2 N–H and O–H groups in total. The van der Waals surface area contributed by atoms with Gasteiger partial charge in [0.2, 0.25) is 5.91 Å². The Morgan fingerprint density at radius 2 is 1.96 bits per heavy atom. The minimum absolute atomic E-state index is 0.0675. The van der Waals surface area contributed by atoms with E-state index in [1.54, 1.807) is 24.3 Å². The van der Waals surface area contributed by atoms with Crippen LogP contribution in [0.25, 0.3) is 0 Å². The van der Waals surface area contributed by atoms with Gasteiger partial charge in [0.05, 0.1) is 12.5 Å². The first-order valence-electron chi connectivity index (χ1n) is 8.96. The summed E-state index contributed by atoms with van der Waals surface area (Å²) in [5.74, 6) is -0.306. The summed E-state index contributed by atoms with van der Waals surface area (Å²) in [6, 6.07) is 6.57. The van der Waals surface area contributed by atoms with Crippen LogP contribution < -0.4 is 10.1 Å². The van der Waals surface area contributed by atoms with Crippen LogP contribution in [-0.2, 0) is 9.59 Å². The zero-order valence-electron chi connectivity index (χ0n) is 15.6.